The largest absolute Gasteiger partial charge is 0.441 e. The van der Waals surface area contributed by atoms with Crippen LogP contribution in [0.25, 0.3) is 22.7 Å². The molecule has 6 nitrogen and oxygen atoms in total. The highest BCUT2D eigenvalue weighted by Gasteiger charge is 2.16. The molecule has 0 saturated carbocycles. The Kier molecular flexibility index (Phi) is 4.00. The van der Waals surface area contributed by atoms with Gasteiger partial charge in [0.2, 0.25) is 0 Å². The van der Waals surface area contributed by atoms with Crippen LogP contribution in [0.1, 0.15) is 11.6 Å². The van der Waals surface area contributed by atoms with E-state index in [0.29, 0.717) is 30.4 Å². The van der Waals surface area contributed by atoms with Crippen molar-refractivity contribution in [2.45, 2.75) is 0 Å². The molecule has 0 N–H and O–H groups in total. The number of allylic oxidation sites excluding steroid dienone is 1. The van der Waals surface area contributed by atoms with E-state index >= 15 is 0 Å². The van der Waals surface area contributed by atoms with Crippen LogP contribution in [0.3, 0.4) is 0 Å². The van der Waals surface area contributed by atoms with Crippen LogP contribution in [0.5, 0.6) is 0 Å². The lowest BCUT2D eigenvalue weighted by molar-refractivity contribution is 0.120. The molecule has 3 aromatic rings. The number of anilines is 1. The standard InChI is InChI=1S/C19H18N4O2/c1-22-17-5-3-2-4-16(17)21-19(22)14(13-20)12-15-6-7-18(25-15)23-8-10-24-11-9-23/h2-7,12H,8-11H2,1H3. The molecule has 0 radical (unpaired) electrons. The Morgan fingerprint density at radius 1 is 1.20 bits per heavy atom. The predicted octanol–water partition coefficient (Wildman–Crippen LogP) is 3.07. The molecular weight excluding hydrogens is 316 g/mol. The summed E-state index contributed by atoms with van der Waals surface area (Å²) >= 11 is 0. The molecule has 0 spiro atoms. The van der Waals surface area contributed by atoms with Gasteiger partial charge in [-0.25, -0.2) is 4.98 Å². The Morgan fingerprint density at radius 3 is 2.76 bits per heavy atom. The lowest BCUT2D eigenvalue weighted by Gasteiger charge is -2.26. The van der Waals surface area contributed by atoms with Crippen molar-refractivity contribution in [3.8, 4) is 6.07 Å². The number of aromatic nitrogens is 2. The second kappa shape index (κ2) is 6.46. The van der Waals surface area contributed by atoms with E-state index < -0.39 is 0 Å². The van der Waals surface area contributed by atoms with Crippen molar-refractivity contribution < 1.29 is 9.15 Å². The van der Waals surface area contributed by atoms with Gasteiger partial charge >= 0.3 is 0 Å². The monoisotopic (exact) mass is 334 g/mol. The average molecular weight is 334 g/mol. The van der Waals surface area contributed by atoms with E-state index in [2.05, 4.69) is 16.0 Å². The van der Waals surface area contributed by atoms with Gasteiger partial charge in [0.05, 0.1) is 29.8 Å². The zero-order chi connectivity index (χ0) is 17.2. The zero-order valence-corrected chi connectivity index (χ0v) is 14.0. The van der Waals surface area contributed by atoms with Crippen molar-refractivity contribution in [1.82, 2.24) is 9.55 Å². The van der Waals surface area contributed by atoms with Gasteiger partial charge in [0, 0.05) is 32.3 Å². The third-order valence-corrected chi connectivity index (χ3v) is 4.37. The van der Waals surface area contributed by atoms with Gasteiger partial charge < -0.3 is 18.6 Å². The fraction of sp³-hybridized carbons (Fsp3) is 0.263. The maximum Gasteiger partial charge on any atom is 0.196 e. The quantitative estimate of drug-likeness (QED) is 0.689. The van der Waals surface area contributed by atoms with Crippen LogP contribution in [-0.2, 0) is 11.8 Å². The minimum atomic E-state index is 0.474. The van der Waals surface area contributed by atoms with E-state index in [1.165, 1.54) is 0 Å². The van der Waals surface area contributed by atoms with Crippen molar-refractivity contribution in [2.24, 2.45) is 7.05 Å². The van der Waals surface area contributed by atoms with Gasteiger partial charge in [0.25, 0.3) is 0 Å². The summed E-state index contributed by atoms with van der Waals surface area (Å²) in [5.74, 6) is 2.08. The minimum Gasteiger partial charge on any atom is -0.441 e. The SMILES string of the molecule is Cn1c(C(C#N)=Cc2ccc(N3CCOCC3)o2)nc2ccccc21. The van der Waals surface area contributed by atoms with E-state index in [9.17, 15) is 5.26 Å². The molecule has 1 aliphatic rings. The predicted molar refractivity (Wildman–Crippen MR) is 95.9 cm³/mol. The van der Waals surface area contributed by atoms with Gasteiger partial charge in [-0.3, -0.25) is 0 Å². The summed E-state index contributed by atoms with van der Waals surface area (Å²) in [4.78, 5) is 6.72. The van der Waals surface area contributed by atoms with Gasteiger partial charge in [-0.05, 0) is 18.2 Å². The van der Waals surface area contributed by atoms with E-state index in [-0.39, 0.29) is 0 Å². The van der Waals surface area contributed by atoms with E-state index in [1.54, 1.807) is 6.08 Å². The summed E-state index contributed by atoms with van der Waals surface area (Å²) < 4.78 is 13.2. The summed E-state index contributed by atoms with van der Waals surface area (Å²) in [5.41, 5.74) is 2.34. The van der Waals surface area contributed by atoms with Crippen LogP contribution in [-0.4, -0.2) is 35.9 Å². The second-order valence-corrected chi connectivity index (χ2v) is 5.93. The number of fused-ring (bicyclic) bond motifs is 1. The molecule has 1 aromatic carbocycles. The first-order chi connectivity index (χ1) is 12.3. The number of nitriles is 1. The topological polar surface area (TPSA) is 67.2 Å². The number of aryl methyl sites for hydroxylation is 1. The number of rotatable bonds is 3. The highest BCUT2D eigenvalue weighted by molar-refractivity contribution is 5.90. The highest BCUT2D eigenvalue weighted by Crippen LogP contribution is 2.25. The molecule has 2 aromatic heterocycles. The third kappa shape index (κ3) is 2.90. The smallest absolute Gasteiger partial charge is 0.196 e. The molecule has 6 heteroatoms. The summed E-state index contributed by atoms with van der Waals surface area (Å²) in [6.45, 7) is 3.03. The van der Waals surface area contributed by atoms with Crippen LogP contribution in [0.15, 0.2) is 40.8 Å². The molecule has 0 unspecified atom stereocenters. The minimum absolute atomic E-state index is 0.474. The summed E-state index contributed by atoms with van der Waals surface area (Å²) in [7, 11) is 1.91. The Labute approximate surface area is 145 Å². The molecule has 0 atom stereocenters. The van der Waals surface area contributed by atoms with E-state index in [0.717, 1.165) is 30.0 Å². The molecule has 0 amide bonds. The third-order valence-electron chi connectivity index (χ3n) is 4.37. The van der Waals surface area contributed by atoms with Crippen LogP contribution in [0.4, 0.5) is 5.88 Å². The van der Waals surface area contributed by atoms with Gasteiger partial charge in [-0.15, -0.1) is 0 Å². The normalized spacial score (nSPS) is 15.5. The molecular formula is C19H18N4O2. The van der Waals surface area contributed by atoms with Gasteiger partial charge in [-0.2, -0.15) is 5.26 Å². The number of imidazole rings is 1. The summed E-state index contributed by atoms with van der Waals surface area (Å²) in [6, 6.07) is 13.9. The number of benzene rings is 1. The number of para-hydroxylation sites is 2. The Hall–Kier alpha value is -3.04. The summed E-state index contributed by atoms with van der Waals surface area (Å²) in [6.07, 6.45) is 1.74. The van der Waals surface area contributed by atoms with E-state index in [1.807, 2.05) is 48.0 Å². The van der Waals surface area contributed by atoms with Crippen LogP contribution >= 0.6 is 0 Å². The molecule has 1 saturated heterocycles. The van der Waals surface area contributed by atoms with Crippen molar-refractivity contribution in [2.75, 3.05) is 31.2 Å². The van der Waals surface area contributed by atoms with Gasteiger partial charge in [0.15, 0.2) is 11.7 Å². The van der Waals surface area contributed by atoms with Crippen LogP contribution in [0, 0.1) is 11.3 Å². The molecule has 0 aliphatic carbocycles. The molecule has 0 bridgehead atoms. The second-order valence-electron chi connectivity index (χ2n) is 5.93. The number of hydrogen-bond donors (Lipinski definition) is 0. The number of nitrogens with zero attached hydrogens (tertiary/aromatic N) is 4. The average Bonchev–Trinajstić information content (AvgIpc) is 3.26. The summed E-state index contributed by atoms with van der Waals surface area (Å²) in [5, 5.41) is 9.61. The molecule has 3 heterocycles. The molecule has 4 rings (SSSR count). The van der Waals surface area contributed by atoms with E-state index in [4.69, 9.17) is 9.15 Å². The zero-order valence-electron chi connectivity index (χ0n) is 14.0. The number of ether oxygens (including phenoxy) is 1. The molecule has 1 fully saturated rings. The molecule has 1 aliphatic heterocycles. The van der Waals surface area contributed by atoms with Gasteiger partial charge in [-0.1, -0.05) is 12.1 Å². The maximum absolute atomic E-state index is 9.61. The van der Waals surface area contributed by atoms with Crippen molar-refractivity contribution in [3.05, 3.63) is 48.0 Å². The van der Waals surface area contributed by atoms with Crippen molar-refractivity contribution >= 4 is 28.6 Å². The lowest BCUT2D eigenvalue weighted by atomic mass is 10.2. The number of hydrogen-bond acceptors (Lipinski definition) is 5. The first-order valence-electron chi connectivity index (χ1n) is 8.22. The lowest BCUT2D eigenvalue weighted by Crippen LogP contribution is -2.35. The Bertz CT molecular complexity index is 971. The Balaban J connectivity index is 1.67. The van der Waals surface area contributed by atoms with Crippen LogP contribution in [0.2, 0.25) is 0 Å². The maximum atomic E-state index is 9.61. The first-order valence-corrected chi connectivity index (χ1v) is 8.22. The molecule has 126 valence electrons. The fourth-order valence-corrected chi connectivity index (χ4v) is 3.05. The van der Waals surface area contributed by atoms with Crippen molar-refractivity contribution in [3.63, 3.8) is 0 Å². The highest BCUT2D eigenvalue weighted by atomic mass is 16.5. The van der Waals surface area contributed by atoms with Crippen molar-refractivity contribution in [1.29, 1.82) is 5.26 Å². The Morgan fingerprint density at radius 2 is 2.00 bits per heavy atom. The fourth-order valence-electron chi connectivity index (χ4n) is 3.05. The van der Waals surface area contributed by atoms with Crippen LogP contribution < -0.4 is 4.90 Å². The number of furan rings is 1. The van der Waals surface area contributed by atoms with Gasteiger partial charge in [0.1, 0.15) is 11.8 Å². The first kappa shape index (κ1) is 15.5. The molecule has 25 heavy (non-hydrogen) atoms. The number of morpholine rings is 1.